The average Bonchev–Trinajstić information content (AvgIpc) is 3.16. The first-order valence-electron chi connectivity index (χ1n) is 13.8. The molecular formula is C29H36FN5O5. The quantitative estimate of drug-likeness (QED) is 0.452. The van der Waals surface area contributed by atoms with E-state index in [9.17, 15) is 14.0 Å². The van der Waals surface area contributed by atoms with Crippen LogP contribution in [0.25, 0.3) is 11.0 Å². The number of rotatable bonds is 6. The van der Waals surface area contributed by atoms with Crippen molar-refractivity contribution in [2.75, 3.05) is 32.8 Å². The molecule has 0 atom stereocenters. The second-order valence-corrected chi connectivity index (χ2v) is 11.2. The molecule has 1 amide bonds. The number of aromatic nitrogens is 3. The third-order valence-electron chi connectivity index (χ3n) is 7.09. The molecule has 2 aliphatic rings. The van der Waals surface area contributed by atoms with Crippen molar-refractivity contribution in [3.05, 3.63) is 58.5 Å². The largest absolute Gasteiger partial charge is 0.489 e. The predicted molar refractivity (Wildman–Crippen MR) is 147 cm³/mol. The number of carbonyl (C=O) groups excluding carboxylic acids is 1. The van der Waals surface area contributed by atoms with Crippen molar-refractivity contribution >= 4 is 17.1 Å². The van der Waals surface area contributed by atoms with Gasteiger partial charge in [-0.05, 0) is 39.7 Å². The van der Waals surface area contributed by atoms with Crippen molar-refractivity contribution in [1.29, 1.82) is 0 Å². The van der Waals surface area contributed by atoms with Crippen LogP contribution >= 0.6 is 0 Å². The zero-order valence-corrected chi connectivity index (χ0v) is 23.3. The molecule has 3 aromatic heterocycles. The first-order chi connectivity index (χ1) is 19.2. The van der Waals surface area contributed by atoms with E-state index in [0.29, 0.717) is 61.1 Å². The van der Waals surface area contributed by atoms with Crippen LogP contribution < -0.4 is 15.0 Å². The minimum Gasteiger partial charge on any atom is -0.489 e. The molecule has 0 unspecified atom stereocenters. The number of piperidine rings is 1. The number of likely N-dealkylation sites (tertiary alicyclic amines) is 1. The van der Waals surface area contributed by atoms with E-state index >= 15 is 0 Å². The zero-order chi connectivity index (χ0) is 28.3. The number of halogens is 1. The van der Waals surface area contributed by atoms with Gasteiger partial charge in [0.05, 0.1) is 48.9 Å². The fourth-order valence-electron chi connectivity index (χ4n) is 5.10. The summed E-state index contributed by atoms with van der Waals surface area (Å²) >= 11 is 0. The fourth-order valence-corrected chi connectivity index (χ4v) is 5.10. The number of hydrogen-bond donors (Lipinski definition) is 0. The maximum absolute atomic E-state index is 13.8. The molecule has 0 radical (unpaired) electrons. The highest BCUT2D eigenvalue weighted by molar-refractivity contribution is 5.74. The molecule has 1 saturated heterocycles. The fraction of sp³-hybridized carbons (Fsp3) is 0.517. The van der Waals surface area contributed by atoms with Crippen LogP contribution in [0.1, 0.15) is 45.7 Å². The number of pyridine rings is 3. The summed E-state index contributed by atoms with van der Waals surface area (Å²) in [6.45, 7) is 9.54. The van der Waals surface area contributed by atoms with Crippen LogP contribution in [0.15, 0.2) is 41.5 Å². The highest BCUT2D eigenvalue weighted by Gasteiger charge is 2.32. The summed E-state index contributed by atoms with van der Waals surface area (Å²) in [4.78, 5) is 38.5. The molecule has 5 heterocycles. The lowest BCUT2D eigenvalue weighted by Crippen LogP contribution is -2.49. The maximum Gasteiger partial charge on any atom is 0.410 e. The SMILES string of the molecule is CC(C)(C)OC(=O)N(Cc1cc2c(cn1)OCCCO2)C1CCN(CCn2c(=O)ccc3ncc(F)cc32)CC1. The lowest BCUT2D eigenvalue weighted by Gasteiger charge is -2.39. The van der Waals surface area contributed by atoms with Gasteiger partial charge >= 0.3 is 6.09 Å². The third-order valence-corrected chi connectivity index (χ3v) is 7.09. The van der Waals surface area contributed by atoms with Crippen LogP contribution in [-0.2, 0) is 17.8 Å². The van der Waals surface area contributed by atoms with Gasteiger partial charge in [-0.3, -0.25) is 19.7 Å². The summed E-state index contributed by atoms with van der Waals surface area (Å²) in [7, 11) is 0. The van der Waals surface area contributed by atoms with Crippen molar-refractivity contribution in [3.63, 3.8) is 0 Å². The minimum absolute atomic E-state index is 0.0394. The van der Waals surface area contributed by atoms with Crippen LogP contribution in [0.3, 0.4) is 0 Å². The van der Waals surface area contributed by atoms with Gasteiger partial charge in [-0.1, -0.05) is 0 Å². The Morgan fingerprint density at radius 1 is 1.07 bits per heavy atom. The van der Waals surface area contributed by atoms with Crippen LogP contribution in [0, 0.1) is 5.82 Å². The lowest BCUT2D eigenvalue weighted by molar-refractivity contribution is 0.00531. The van der Waals surface area contributed by atoms with Gasteiger partial charge in [0.2, 0.25) is 0 Å². The summed E-state index contributed by atoms with van der Waals surface area (Å²) in [6.07, 6.45) is 4.71. The van der Waals surface area contributed by atoms with E-state index < -0.39 is 11.4 Å². The van der Waals surface area contributed by atoms with Crippen LogP contribution in [0.4, 0.5) is 9.18 Å². The van der Waals surface area contributed by atoms with Crippen LogP contribution in [0.5, 0.6) is 11.5 Å². The molecule has 0 aliphatic carbocycles. The molecule has 0 aromatic carbocycles. The van der Waals surface area contributed by atoms with Gasteiger partial charge in [0.1, 0.15) is 11.4 Å². The van der Waals surface area contributed by atoms with Crippen molar-refractivity contribution < 1.29 is 23.4 Å². The van der Waals surface area contributed by atoms with Crippen molar-refractivity contribution in [2.24, 2.45) is 0 Å². The summed E-state index contributed by atoms with van der Waals surface area (Å²) in [5.41, 5.74) is 0.952. The summed E-state index contributed by atoms with van der Waals surface area (Å²) in [5, 5.41) is 0. The number of hydrogen-bond acceptors (Lipinski definition) is 8. The first kappa shape index (κ1) is 27.8. The van der Waals surface area contributed by atoms with Gasteiger partial charge in [-0.25, -0.2) is 9.18 Å². The molecule has 0 N–H and O–H groups in total. The smallest absolute Gasteiger partial charge is 0.410 e. The van der Waals surface area contributed by atoms with Crippen LogP contribution in [-0.4, -0.2) is 74.9 Å². The second-order valence-electron chi connectivity index (χ2n) is 11.2. The molecule has 0 bridgehead atoms. The minimum atomic E-state index is -0.631. The Labute approximate surface area is 232 Å². The van der Waals surface area contributed by atoms with Gasteiger partial charge in [-0.15, -0.1) is 0 Å². The summed E-state index contributed by atoms with van der Waals surface area (Å²) < 4.78 is 32.7. The molecular weight excluding hydrogens is 517 g/mol. The molecule has 1 fully saturated rings. The molecule has 40 heavy (non-hydrogen) atoms. The van der Waals surface area contributed by atoms with E-state index in [1.54, 1.807) is 21.7 Å². The van der Waals surface area contributed by atoms with Crippen molar-refractivity contribution in [2.45, 2.75) is 64.8 Å². The number of nitrogens with zero attached hydrogens (tertiary/aromatic N) is 5. The number of ether oxygens (including phenoxy) is 3. The van der Waals surface area contributed by atoms with Crippen LogP contribution in [0.2, 0.25) is 0 Å². The Morgan fingerprint density at radius 3 is 2.58 bits per heavy atom. The highest BCUT2D eigenvalue weighted by Crippen LogP contribution is 2.30. The van der Waals surface area contributed by atoms with Gasteiger partial charge in [0, 0.05) is 56.8 Å². The van der Waals surface area contributed by atoms with Gasteiger partial charge in [0.15, 0.2) is 11.5 Å². The maximum atomic E-state index is 13.8. The number of carbonyl (C=O) groups is 1. The molecule has 5 rings (SSSR count). The van der Waals surface area contributed by atoms with E-state index in [-0.39, 0.29) is 17.7 Å². The summed E-state index contributed by atoms with van der Waals surface area (Å²) in [5.74, 6) is 0.778. The van der Waals surface area contributed by atoms with Crippen molar-refractivity contribution in [1.82, 2.24) is 24.3 Å². The zero-order valence-electron chi connectivity index (χ0n) is 23.3. The molecule has 11 heteroatoms. The third kappa shape index (κ3) is 6.70. The van der Waals surface area contributed by atoms with Crippen molar-refractivity contribution in [3.8, 4) is 11.5 Å². The lowest BCUT2D eigenvalue weighted by atomic mass is 10.0. The Morgan fingerprint density at radius 2 is 1.82 bits per heavy atom. The topological polar surface area (TPSA) is 99.0 Å². The van der Waals surface area contributed by atoms with Gasteiger partial charge in [0.25, 0.3) is 5.56 Å². The molecule has 3 aromatic rings. The Hall–Kier alpha value is -3.73. The first-order valence-corrected chi connectivity index (χ1v) is 13.8. The van der Waals surface area contributed by atoms with Gasteiger partial charge < -0.3 is 23.7 Å². The molecule has 10 nitrogen and oxygen atoms in total. The normalized spacial score (nSPS) is 16.5. The van der Waals surface area contributed by atoms with E-state index in [4.69, 9.17) is 14.2 Å². The molecule has 0 spiro atoms. The average molecular weight is 554 g/mol. The Bertz CT molecular complexity index is 1410. The molecule has 2 aliphatic heterocycles. The summed E-state index contributed by atoms with van der Waals surface area (Å²) in [6, 6.07) is 6.23. The van der Waals surface area contributed by atoms with Gasteiger partial charge in [-0.2, -0.15) is 0 Å². The van der Waals surface area contributed by atoms with E-state index in [2.05, 4.69) is 14.9 Å². The van der Waals surface area contributed by atoms with E-state index in [0.717, 1.165) is 38.5 Å². The molecule has 214 valence electrons. The number of amides is 1. The number of fused-ring (bicyclic) bond motifs is 2. The predicted octanol–water partition coefficient (Wildman–Crippen LogP) is 3.99. The Balaban J connectivity index is 1.26. The standard InChI is InChI=1S/C29H36FN5O5/c1-29(2,3)40-28(37)35(19-21-16-25-26(18-31-21)39-14-4-13-38-25)22-7-9-33(10-8-22)11-12-34-24-15-20(30)17-32-23(24)5-6-27(34)36/h5-6,15-18,22H,4,7-14,19H2,1-3H3. The second kappa shape index (κ2) is 11.8. The monoisotopic (exact) mass is 553 g/mol. The highest BCUT2D eigenvalue weighted by atomic mass is 19.1. The van der Waals surface area contributed by atoms with E-state index in [1.807, 2.05) is 26.8 Å². The Kier molecular flexibility index (Phi) is 8.20. The molecule has 0 saturated carbocycles. The van der Waals surface area contributed by atoms with E-state index in [1.165, 1.54) is 12.1 Å².